The molecule has 0 aromatic carbocycles. The zero-order chi connectivity index (χ0) is 29.7. The van der Waals surface area contributed by atoms with E-state index in [1.54, 1.807) is 0 Å². The third-order valence-electron chi connectivity index (χ3n) is 6.47. The van der Waals surface area contributed by atoms with Gasteiger partial charge >= 0.3 is 12.1 Å². The highest BCUT2D eigenvalue weighted by Crippen LogP contribution is 2.47. The van der Waals surface area contributed by atoms with Crippen molar-refractivity contribution < 1.29 is 36.2 Å². The zero-order valence-electron chi connectivity index (χ0n) is 21.6. The van der Waals surface area contributed by atoms with E-state index in [0.29, 0.717) is 16.5 Å². The predicted molar refractivity (Wildman–Crippen MR) is 137 cm³/mol. The summed E-state index contributed by atoms with van der Waals surface area (Å²) in [5.74, 6) is -5.05. The number of amides is 1. The molecule has 0 saturated heterocycles. The molecule has 1 fully saturated rings. The number of halogens is 6. The number of fused-ring (bicyclic) bond motifs is 1. The van der Waals surface area contributed by atoms with Crippen molar-refractivity contribution in [1.29, 1.82) is 0 Å². The minimum Gasteiger partial charge on any atom is -0.454 e. The van der Waals surface area contributed by atoms with E-state index in [-0.39, 0.29) is 64.4 Å². The summed E-state index contributed by atoms with van der Waals surface area (Å²) in [6.45, 7) is 1.33. The lowest BCUT2D eigenvalue weighted by Gasteiger charge is -2.36. The van der Waals surface area contributed by atoms with Gasteiger partial charge < -0.3 is 24.7 Å². The van der Waals surface area contributed by atoms with Crippen molar-refractivity contribution >= 4 is 46.3 Å². The molecule has 1 amide bonds. The van der Waals surface area contributed by atoms with Gasteiger partial charge in [-0.3, -0.25) is 9.48 Å². The van der Waals surface area contributed by atoms with Crippen LogP contribution in [0.15, 0.2) is 30.6 Å². The molecule has 0 bridgehead atoms. The van der Waals surface area contributed by atoms with E-state index >= 15 is 0 Å². The molecule has 218 valence electrons. The van der Waals surface area contributed by atoms with Crippen LogP contribution in [-0.4, -0.2) is 54.6 Å². The molecular weight excluding hydrogens is 579 g/mol. The lowest BCUT2D eigenvalue weighted by Crippen LogP contribution is -2.40. The Bertz CT molecular complexity index is 1620. The van der Waals surface area contributed by atoms with Gasteiger partial charge in [-0.15, -0.1) is 0 Å². The number of anilines is 3. The molecule has 0 radical (unpaired) electrons. The third-order valence-corrected chi connectivity index (χ3v) is 6.84. The summed E-state index contributed by atoms with van der Waals surface area (Å²) < 4.78 is 81.8. The lowest BCUT2D eigenvalue weighted by atomic mass is 9.89. The smallest absolute Gasteiger partial charge is 0.454 e. The van der Waals surface area contributed by atoms with Crippen molar-refractivity contribution in [2.75, 3.05) is 17.7 Å². The maximum absolute atomic E-state index is 14.5. The van der Waals surface area contributed by atoms with Crippen molar-refractivity contribution in [2.45, 2.75) is 44.0 Å². The first-order chi connectivity index (χ1) is 19.3. The van der Waals surface area contributed by atoms with E-state index < -0.39 is 23.8 Å². The number of nitrogens with zero attached hydrogens (tertiary/aromatic N) is 6. The summed E-state index contributed by atoms with van der Waals surface area (Å²) in [6, 6.07) is 2.95. The Morgan fingerprint density at radius 3 is 2.54 bits per heavy atom. The highest BCUT2D eigenvalue weighted by molar-refractivity contribution is 6.36. The van der Waals surface area contributed by atoms with Gasteiger partial charge in [-0.2, -0.15) is 32.0 Å². The Balaban J connectivity index is 1.45. The summed E-state index contributed by atoms with van der Waals surface area (Å²) in [5, 5.41) is 9.33. The molecule has 17 heteroatoms. The van der Waals surface area contributed by atoms with E-state index in [4.69, 9.17) is 21.1 Å². The molecule has 5 rings (SSSR count). The third kappa shape index (κ3) is 5.36. The van der Waals surface area contributed by atoms with Crippen LogP contribution in [0.1, 0.15) is 31.5 Å². The number of hydrogen-bond acceptors (Lipinski definition) is 8. The number of imidazole rings is 1. The number of carbonyl (C=O) groups is 1. The molecule has 4 aromatic heterocycles. The molecule has 41 heavy (non-hydrogen) atoms. The average Bonchev–Trinajstić information content (AvgIpc) is 3.41. The van der Waals surface area contributed by atoms with Crippen molar-refractivity contribution in [3.05, 3.63) is 41.3 Å². The second-order valence-electron chi connectivity index (χ2n) is 9.30. The number of ether oxygens (including phenoxy) is 2. The first-order valence-electron chi connectivity index (χ1n) is 12.0. The monoisotopic (exact) mass is 600 g/mol. The maximum Gasteiger partial charge on any atom is 0.459 e. The van der Waals surface area contributed by atoms with Crippen molar-refractivity contribution in [2.24, 2.45) is 7.05 Å². The number of nitrogens with one attached hydrogen (secondary N) is 2. The van der Waals surface area contributed by atoms with Gasteiger partial charge in [0.1, 0.15) is 27.8 Å². The molecule has 0 aliphatic heterocycles. The molecule has 1 aliphatic rings. The fraction of sp³-hybridized carbons (Fsp3) is 0.375. The number of aryl methyl sites for hydroxylation is 1. The number of methoxy groups -OCH3 is 1. The molecule has 0 atom stereocenters. The van der Waals surface area contributed by atoms with Crippen molar-refractivity contribution in [1.82, 2.24) is 29.3 Å². The molecule has 0 spiro atoms. The van der Waals surface area contributed by atoms with Crippen LogP contribution < -0.4 is 15.4 Å². The van der Waals surface area contributed by atoms with Crippen LogP contribution >= 0.6 is 11.6 Å². The maximum atomic E-state index is 14.5. The van der Waals surface area contributed by atoms with Crippen LogP contribution in [0.3, 0.4) is 0 Å². The van der Waals surface area contributed by atoms with Gasteiger partial charge in [0.15, 0.2) is 17.2 Å². The molecule has 4 heterocycles. The minimum atomic E-state index is -5.82. The topological polar surface area (TPSA) is 121 Å². The Morgan fingerprint density at radius 1 is 1.15 bits per heavy atom. The van der Waals surface area contributed by atoms with E-state index in [1.807, 2.05) is 0 Å². The number of carbonyl (C=O) groups excluding carboxylic acids is 1. The van der Waals surface area contributed by atoms with Crippen molar-refractivity contribution in [3.63, 3.8) is 0 Å². The van der Waals surface area contributed by atoms with E-state index in [9.17, 15) is 26.7 Å². The highest BCUT2D eigenvalue weighted by Gasteiger charge is 2.61. The van der Waals surface area contributed by atoms with Gasteiger partial charge in [-0.1, -0.05) is 11.6 Å². The summed E-state index contributed by atoms with van der Waals surface area (Å²) in [6.07, 6.45) is -2.90. The summed E-state index contributed by atoms with van der Waals surface area (Å²) in [5.41, 5.74) is -0.873. The van der Waals surface area contributed by atoms with E-state index in [2.05, 4.69) is 30.7 Å². The first kappa shape index (κ1) is 28.5. The normalized spacial score (nSPS) is 17.4. The number of pyridine rings is 2. The van der Waals surface area contributed by atoms with Crippen LogP contribution in [0, 0.1) is 0 Å². The average molecular weight is 601 g/mol. The van der Waals surface area contributed by atoms with Crippen molar-refractivity contribution in [3.8, 4) is 11.5 Å². The Morgan fingerprint density at radius 2 is 1.88 bits per heavy atom. The number of aromatic nitrogens is 6. The molecule has 0 unspecified atom stereocenters. The van der Waals surface area contributed by atoms with Crippen LogP contribution in [0.4, 0.5) is 39.5 Å². The minimum absolute atomic E-state index is 0.0262. The van der Waals surface area contributed by atoms with Crippen LogP contribution in [-0.2, 0) is 22.5 Å². The van der Waals surface area contributed by atoms with Gasteiger partial charge in [-0.25, -0.2) is 9.97 Å². The first-order valence-corrected chi connectivity index (χ1v) is 12.4. The second-order valence-corrected chi connectivity index (χ2v) is 9.68. The van der Waals surface area contributed by atoms with Crippen LogP contribution in [0.2, 0.25) is 5.02 Å². The van der Waals surface area contributed by atoms with Crippen LogP contribution in [0.5, 0.6) is 11.5 Å². The second kappa shape index (κ2) is 10.4. The SMILES string of the molecule is CO[C@H]1C[C@H](n2nc(Nc3nc4ncc(Oc5ccnc(NC(C)=O)c5)c(Cl)c4n3C)cc2C(F)(F)C(F)(F)F)C1. The highest BCUT2D eigenvalue weighted by atomic mass is 35.5. The quantitative estimate of drug-likeness (QED) is 0.247. The summed E-state index contributed by atoms with van der Waals surface area (Å²) >= 11 is 6.58. The predicted octanol–water partition coefficient (Wildman–Crippen LogP) is 5.71. The van der Waals surface area contributed by atoms with Gasteiger partial charge in [0, 0.05) is 39.4 Å². The van der Waals surface area contributed by atoms with E-state index in [0.717, 1.165) is 0 Å². The zero-order valence-corrected chi connectivity index (χ0v) is 22.4. The number of alkyl halides is 5. The number of rotatable bonds is 8. The molecule has 11 nitrogen and oxygen atoms in total. The molecule has 4 aromatic rings. The standard InChI is InChI=1S/C24H22ClF5N8O3/c1-11(39)33-17-8-13(4-5-31-17)41-15-10-32-21-20(19(15)25)37(2)22(35-21)34-18-9-16(23(26,27)24(28,29)30)38(36-18)12-6-14(7-12)40-3/h4-5,8-10,12,14H,6-7H2,1-3H3,(H,31,33,39)(H,32,34,35,36)/t12-,14-. The summed E-state index contributed by atoms with van der Waals surface area (Å²) in [4.78, 5) is 23.8. The van der Waals surface area contributed by atoms with E-state index in [1.165, 1.54) is 50.2 Å². The van der Waals surface area contributed by atoms with Crippen LogP contribution in [0.25, 0.3) is 11.2 Å². The Hall–Kier alpha value is -4.05. The van der Waals surface area contributed by atoms with Gasteiger partial charge in [0.2, 0.25) is 11.9 Å². The van der Waals surface area contributed by atoms with Gasteiger partial charge in [0.05, 0.1) is 18.3 Å². The molecule has 2 N–H and O–H groups in total. The Labute approximate surface area is 233 Å². The molecular formula is C24H22ClF5N8O3. The number of hydrogen-bond donors (Lipinski definition) is 2. The summed E-state index contributed by atoms with van der Waals surface area (Å²) in [7, 11) is 2.97. The fourth-order valence-corrected chi connectivity index (χ4v) is 4.60. The fourth-order valence-electron chi connectivity index (χ4n) is 4.30. The van der Waals surface area contributed by atoms with Gasteiger partial charge in [-0.05, 0) is 18.9 Å². The Kier molecular flexibility index (Phi) is 7.23. The molecule has 1 saturated carbocycles. The molecule has 1 aliphatic carbocycles. The van der Waals surface area contributed by atoms with Gasteiger partial charge in [0.25, 0.3) is 0 Å². The lowest BCUT2D eigenvalue weighted by molar-refractivity contribution is -0.292. The largest absolute Gasteiger partial charge is 0.459 e.